The molecule has 1 aromatic rings. The Morgan fingerprint density at radius 3 is 2.59 bits per heavy atom. The van der Waals surface area contributed by atoms with Gasteiger partial charge < -0.3 is 10.4 Å². The first-order chi connectivity index (χ1) is 8.19. The van der Waals surface area contributed by atoms with Crippen molar-refractivity contribution in [3.8, 4) is 6.07 Å². The molecule has 0 bridgehead atoms. The van der Waals surface area contributed by atoms with Crippen molar-refractivity contribution >= 4 is 11.7 Å². The van der Waals surface area contributed by atoms with Crippen molar-refractivity contribution in [3.63, 3.8) is 0 Å². The van der Waals surface area contributed by atoms with Gasteiger partial charge in [-0.25, -0.2) is 0 Å². The lowest BCUT2D eigenvalue weighted by Gasteiger charge is -2.13. The van der Waals surface area contributed by atoms with Crippen molar-refractivity contribution in [2.45, 2.75) is 25.3 Å². The number of anilines is 1. The van der Waals surface area contributed by atoms with Crippen molar-refractivity contribution in [3.05, 3.63) is 29.8 Å². The van der Waals surface area contributed by atoms with Gasteiger partial charge in [0, 0.05) is 11.7 Å². The van der Waals surface area contributed by atoms with Crippen LogP contribution in [0.1, 0.15) is 24.8 Å². The van der Waals surface area contributed by atoms with Gasteiger partial charge in [0.2, 0.25) is 0 Å². The predicted molar refractivity (Wildman–Crippen MR) is 63.5 cm³/mol. The van der Waals surface area contributed by atoms with Crippen LogP contribution in [0.5, 0.6) is 0 Å². The average molecular weight is 230 g/mol. The first-order valence-corrected chi connectivity index (χ1v) is 5.68. The fraction of sp³-hybridized carbons (Fsp3) is 0.385. The van der Waals surface area contributed by atoms with Gasteiger partial charge in [0.15, 0.2) is 0 Å². The van der Waals surface area contributed by atoms with Crippen LogP contribution in [0.2, 0.25) is 0 Å². The largest absolute Gasteiger partial charge is 0.481 e. The molecule has 4 nitrogen and oxygen atoms in total. The van der Waals surface area contributed by atoms with Crippen LogP contribution < -0.4 is 5.32 Å². The molecule has 88 valence electrons. The highest BCUT2D eigenvalue weighted by atomic mass is 16.4. The number of carboxylic acids is 1. The van der Waals surface area contributed by atoms with Crippen molar-refractivity contribution in [2.75, 3.05) is 5.32 Å². The third-order valence-electron chi connectivity index (χ3n) is 3.17. The van der Waals surface area contributed by atoms with E-state index in [1.165, 1.54) is 0 Å². The number of nitriles is 1. The van der Waals surface area contributed by atoms with Crippen molar-refractivity contribution in [2.24, 2.45) is 5.92 Å². The summed E-state index contributed by atoms with van der Waals surface area (Å²) in [4.78, 5) is 10.8. The second-order valence-electron chi connectivity index (χ2n) is 4.38. The number of nitrogens with one attached hydrogen (secondary N) is 1. The molecule has 0 spiro atoms. The molecule has 0 aliphatic heterocycles. The molecular weight excluding hydrogens is 216 g/mol. The van der Waals surface area contributed by atoms with Crippen LogP contribution in [-0.2, 0) is 4.79 Å². The summed E-state index contributed by atoms with van der Waals surface area (Å²) in [5.41, 5.74) is 1.57. The summed E-state index contributed by atoms with van der Waals surface area (Å²) in [6, 6.07) is 9.51. The minimum atomic E-state index is -0.700. The standard InChI is InChI=1S/C13H14N2O2/c14-8-9-1-4-11(5-2-9)15-12-6-3-10(7-12)13(16)17/h1-2,4-5,10,12,15H,3,6-7H2,(H,16,17)/t10-,12+/m0/s1. The summed E-state index contributed by atoms with van der Waals surface area (Å²) >= 11 is 0. The lowest BCUT2D eigenvalue weighted by atomic mass is 10.1. The molecule has 0 saturated heterocycles. The molecule has 0 heterocycles. The maximum absolute atomic E-state index is 10.8. The van der Waals surface area contributed by atoms with Gasteiger partial charge >= 0.3 is 5.97 Å². The average Bonchev–Trinajstić information content (AvgIpc) is 2.79. The van der Waals surface area contributed by atoms with Crippen LogP contribution in [0, 0.1) is 17.2 Å². The zero-order valence-corrected chi connectivity index (χ0v) is 9.39. The Kier molecular flexibility index (Phi) is 3.29. The molecule has 4 heteroatoms. The molecule has 2 rings (SSSR count). The van der Waals surface area contributed by atoms with Crippen LogP contribution in [0.25, 0.3) is 0 Å². The quantitative estimate of drug-likeness (QED) is 0.835. The number of hydrogen-bond acceptors (Lipinski definition) is 3. The van der Waals surface area contributed by atoms with E-state index in [0.29, 0.717) is 12.0 Å². The van der Waals surface area contributed by atoms with Crippen LogP contribution in [0.4, 0.5) is 5.69 Å². The summed E-state index contributed by atoms with van der Waals surface area (Å²) in [7, 11) is 0. The smallest absolute Gasteiger partial charge is 0.306 e. The minimum absolute atomic E-state index is 0.217. The van der Waals surface area contributed by atoms with Gasteiger partial charge in [-0.2, -0.15) is 5.26 Å². The fourth-order valence-corrected chi connectivity index (χ4v) is 2.21. The Morgan fingerprint density at radius 1 is 1.35 bits per heavy atom. The molecule has 0 amide bonds. The summed E-state index contributed by atoms with van der Waals surface area (Å²) < 4.78 is 0. The maximum Gasteiger partial charge on any atom is 0.306 e. The topological polar surface area (TPSA) is 73.1 Å². The summed E-state index contributed by atoms with van der Waals surface area (Å²) in [5.74, 6) is -0.917. The van der Waals surface area contributed by atoms with Crippen LogP contribution in [0.3, 0.4) is 0 Å². The number of aliphatic carboxylic acids is 1. The Balaban J connectivity index is 1.94. The highest BCUT2D eigenvalue weighted by Gasteiger charge is 2.29. The monoisotopic (exact) mass is 230 g/mol. The molecule has 1 aromatic carbocycles. The Morgan fingerprint density at radius 2 is 2.06 bits per heavy atom. The highest BCUT2D eigenvalue weighted by Crippen LogP contribution is 2.28. The van der Waals surface area contributed by atoms with E-state index in [1.54, 1.807) is 12.1 Å². The zero-order valence-electron chi connectivity index (χ0n) is 9.39. The number of rotatable bonds is 3. The molecule has 17 heavy (non-hydrogen) atoms. The molecule has 1 aliphatic rings. The first-order valence-electron chi connectivity index (χ1n) is 5.68. The number of benzene rings is 1. The molecule has 1 aliphatic carbocycles. The Bertz CT molecular complexity index is 447. The maximum atomic E-state index is 10.8. The van der Waals surface area contributed by atoms with E-state index in [0.717, 1.165) is 18.5 Å². The second kappa shape index (κ2) is 4.88. The van der Waals surface area contributed by atoms with Gasteiger partial charge in [0.1, 0.15) is 0 Å². The van der Waals surface area contributed by atoms with Gasteiger partial charge in [-0.3, -0.25) is 4.79 Å². The third-order valence-corrected chi connectivity index (χ3v) is 3.17. The second-order valence-corrected chi connectivity index (χ2v) is 4.38. The molecular formula is C13H14N2O2. The van der Waals surface area contributed by atoms with Crippen molar-refractivity contribution in [1.29, 1.82) is 5.26 Å². The molecule has 0 unspecified atom stereocenters. The van der Waals surface area contributed by atoms with E-state index >= 15 is 0 Å². The molecule has 0 aromatic heterocycles. The van der Waals surface area contributed by atoms with Gasteiger partial charge in [0.05, 0.1) is 17.6 Å². The number of hydrogen-bond donors (Lipinski definition) is 2. The minimum Gasteiger partial charge on any atom is -0.481 e. The summed E-state index contributed by atoms with van der Waals surface area (Å²) in [6.07, 6.45) is 2.30. The molecule has 1 saturated carbocycles. The van der Waals surface area contributed by atoms with E-state index in [-0.39, 0.29) is 12.0 Å². The first kappa shape index (κ1) is 11.5. The molecule has 0 radical (unpaired) electrons. The summed E-state index contributed by atoms with van der Waals surface area (Å²) in [6.45, 7) is 0. The van der Waals surface area contributed by atoms with E-state index < -0.39 is 5.97 Å². The van der Waals surface area contributed by atoms with Gasteiger partial charge in [0.25, 0.3) is 0 Å². The summed E-state index contributed by atoms with van der Waals surface area (Å²) in [5, 5.41) is 20.9. The van der Waals surface area contributed by atoms with Gasteiger partial charge in [-0.15, -0.1) is 0 Å². The normalized spacial score (nSPS) is 23.0. The van der Waals surface area contributed by atoms with Crippen LogP contribution in [-0.4, -0.2) is 17.1 Å². The Labute approximate surface area is 99.9 Å². The van der Waals surface area contributed by atoms with E-state index in [9.17, 15) is 4.79 Å². The molecule has 1 fully saturated rings. The Hall–Kier alpha value is -2.02. The van der Waals surface area contributed by atoms with Crippen molar-refractivity contribution in [1.82, 2.24) is 0 Å². The van der Waals surface area contributed by atoms with Crippen molar-refractivity contribution < 1.29 is 9.90 Å². The number of carboxylic acid groups (broad SMARTS) is 1. The lowest BCUT2D eigenvalue weighted by Crippen LogP contribution is -2.17. The van der Waals surface area contributed by atoms with E-state index in [2.05, 4.69) is 11.4 Å². The molecule has 2 atom stereocenters. The zero-order chi connectivity index (χ0) is 12.3. The highest BCUT2D eigenvalue weighted by molar-refractivity contribution is 5.70. The predicted octanol–water partition coefficient (Wildman–Crippen LogP) is 2.22. The van der Waals surface area contributed by atoms with E-state index in [4.69, 9.17) is 10.4 Å². The fourth-order valence-electron chi connectivity index (χ4n) is 2.21. The van der Waals surface area contributed by atoms with Crippen LogP contribution >= 0.6 is 0 Å². The third kappa shape index (κ3) is 2.76. The molecule has 2 N–H and O–H groups in total. The van der Waals surface area contributed by atoms with Gasteiger partial charge in [-0.1, -0.05) is 0 Å². The van der Waals surface area contributed by atoms with Gasteiger partial charge in [-0.05, 0) is 43.5 Å². The van der Waals surface area contributed by atoms with E-state index in [1.807, 2.05) is 12.1 Å². The van der Waals surface area contributed by atoms with Crippen LogP contribution in [0.15, 0.2) is 24.3 Å². The number of nitrogens with zero attached hydrogens (tertiary/aromatic N) is 1. The lowest BCUT2D eigenvalue weighted by molar-refractivity contribution is -0.141. The number of carbonyl (C=O) groups is 1. The SMILES string of the molecule is N#Cc1ccc(N[C@@H]2CC[C@H](C(=O)O)C2)cc1.